The van der Waals surface area contributed by atoms with E-state index in [9.17, 15) is 14.9 Å². The topological polar surface area (TPSA) is 91.2 Å². The second kappa shape index (κ2) is 6.74. The Morgan fingerprint density at radius 3 is 2.50 bits per heavy atom. The van der Waals surface area contributed by atoms with Crippen LogP contribution in [0.15, 0.2) is 30.3 Å². The molecule has 2 amide bonds. The van der Waals surface area contributed by atoms with Crippen LogP contribution in [-0.2, 0) is 4.74 Å². The maximum absolute atomic E-state index is 12.0. The Bertz CT molecular complexity index is 747. The van der Waals surface area contributed by atoms with E-state index in [1.165, 1.54) is 7.11 Å². The van der Waals surface area contributed by atoms with Crippen molar-refractivity contribution < 1.29 is 14.3 Å². The fourth-order valence-electron chi connectivity index (χ4n) is 1.81. The molecule has 0 radical (unpaired) electrons. The molecule has 0 fully saturated rings. The highest BCUT2D eigenvalue weighted by Crippen LogP contribution is 2.33. The lowest BCUT2D eigenvalue weighted by Crippen LogP contribution is -2.19. The molecule has 0 saturated heterocycles. The maximum atomic E-state index is 12.0. The number of amides is 2. The molecule has 0 aliphatic rings. The Balaban J connectivity index is 2.21. The Morgan fingerprint density at radius 1 is 1.23 bits per heavy atom. The molecule has 0 spiro atoms. The van der Waals surface area contributed by atoms with Crippen molar-refractivity contribution in [1.29, 1.82) is 5.26 Å². The number of nitriles is 1. The number of methoxy groups -OCH3 is 1. The molecule has 2 N–H and O–H groups in total. The number of carbonyl (C=O) groups excluding carboxylic acids is 2. The molecule has 0 atom stereocenters. The van der Waals surface area contributed by atoms with Crippen LogP contribution in [0.2, 0.25) is 0 Å². The predicted octanol–water partition coefficient (Wildman–Crippen LogP) is 3.36. The second-order valence-corrected chi connectivity index (χ2v) is 5.33. The molecule has 112 valence electrons. The van der Waals surface area contributed by atoms with Gasteiger partial charge in [0.15, 0.2) is 0 Å². The number of para-hydroxylation sites is 1. The lowest BCUT2D eigenvalue weighted by atomic mass is 10.2. The van der Waals surface area contributed by atoms with Crippen molar-refractivity contribution in [1.82, 2.24) is 0 Å². The summed E-state index contributed by atoms with van der Waals surface area (Å²) in [7, 11) is 1.27. The van der Waals surface area contributed by atoms with Gasteiger partial charge in [0, 0.05) is 5.69 Å². The Morgan fingerprint density at radius 2 is 1.91 bits per heavy atom. The number of urea groups is 1. The maximum Gasteiger partial charge on any atom is 0.348 e. The number of nitrogens with one attached hydrogen (secondary N) is 2. The van der Waals surface area contributed by atoms with E-state index in [1.807, 2.05) is 12.1 Å². The van der Waals surface area contributed by atoms with Crippen molar-refractivity contribution in [3.05, 3.63) is 46.3 Å². The summed E-state index contributed by atoms with van der Waals surface area (Å²) in [6.45, 7) is 1.64. The zero-order chi connectivity index (χ0) is 16.1. The van der Waals surface area contributed by atoms with E-state index < -0.39 is 12.0 Å². The minimum Gasteiger partial charge on any atom is -0.465 e. The number of carbonyl (C=O) groups is 2. The van der Waals surface area contributed by atoms with Crippen LogP contribution in [-0.4, -0.2) is 19.1 Å². The number of esters is 1. The Hall–Kier alpha value is -2.85. The first-order valence-corrected chi connectivity index (χ1v) is 7.13. The average molecular weight is 315 g/mol. The minimum absolute atomic E-state index is 0.258. The number of ether oxygens (including phenoxy) is 1. The third-order valence-corrected chi connectivity index (χ3v) is 4.08. The van der Waals surface area contributed by atoms with Gasteiger partial charge in [0.25, 0.3) is 0 Å². The van der Waals surface area contributed by atoms with Crippen LogP contribution >= 0.6 is 11.3 Å². The minimum atomic E-state index is -0.532. The highest BCUT2D eigenvalue weighted by atomic mass is 32.1. The van der Waals surface area contributed by atoms with E-state index >= 15 is 0 Å². The summed E-state index contributed by atoms with van der Waals surface area (Å²) in [6.07, 6.45) is 0. The number of benzene rings is 1. The molecule has 0 unspecified atom stereocenters. The molecule has 1 aromatic heterocycles. The van der Waals surface area contributed by atoms with E-state index in [1.54, 1.807) is 31.2 Å². The summed E-state index contributed by atoms with van der Waals surface area (Å²) in [6, 6.07) is 10.4. The zero-order valence-corrected chi connectivity index (χ0v) is 12.8. The van der Waals surface area contributed by atoms with Crippen LogP contribution in [0.1, 0.15) is 20.8 Å². The average Bonchev–Trinajstić information content (AvgIpc) is 2.83. The first kappa shape index (κ1) is 15.5. The van der Waals surface area contributed by atoms with Crippen LogP contribution in [0.25, 0.3) is 0 Å². The third kappa shape index (κ3) is 3.24. The van der Waals surface area contributed by atoms with Crippen molar-refractivity contribution in [2.75, 3.05) is 17.7 Å². The SMILES string of the molecule is COC(=O)c1sc(NC(=O)Nc2ccccc2)c(C#N)c1C. The molecule has 7 heteroatoms. The second-order valence-electron chi connectivity index (χ2n) is 4.31. The van der Waals surface area contributed by atoms with Crippen LogP contribution in [0.4, 0.5) is 15.5 Å². The highest BCUT2D eigenvalue weighted by Gasteiger charge is 2.21. The van der Waals surface area contributed by atoms with E-state index in [0.29, 0.717) is 21.1 Å². The van der Waals surface area contributed by atoms with E-state index in [4.69, 9.17) is 0 Å². The summed E-state index contributed by atoms with van der Waals surface area (Å²) in [5.41, 5.74) is 1.38. The molecule has 2 rings (SSSR count). The normalized spacial score (nSPS) is 9.68. The number of hydrogen-bond donors (Lipinski definition) is 2. The summed E-state index contributed by atoms with van der Waals surface area (Å²) >= 11 is 1.01. The fourth-order valence-corrected chi connectivity index (χ4v) is 2.88. The van der Waals surface area contributed by atoms with Crippen LogP contribution in [0.3, 0.4) is 0 Å². The van der Waals surface area contributed by atoms with Gasteiger partial charge in [0.05, 0.1) is 12.7 Å². The van der Waals surface area contributed by atoms with Crippen molar-refractivity contribution in [2.45, 2.75) is 6.92 Å². The Labute approximate surface area is 131 Å². The van der Waals surface area contributed by atoms with Gasteiger partial charge in [-0.3, -0.25) is 5.32 Å². The number of hydrogen-bond acceptors (Lipinski definition) is 5. The molecule has 1 heterocycles. The van der Waals surface area contributed by atoms with Gasteiger partial charge >= 0.3 is 12.0 Å². The largest absolute Gasteiger partial charge is 0.465 e. The summed E-state index contributed by atoms with van der Waals surface area (Å²) in [5, 5.41) is 14.7. The quantitative estimate of drug-likeness (QED) is 0.850. The third-order valence-electron chi connectivity index (χ3n) is 2.89. The Kier molecular flexibility index (Phi) is 4.76. The summed E-state index contributed by atoms with van der Waals surface area (Å²) in [5.74, 6) is -0.532. The molecule has 0 bridgehead atoms. The highest BCUT2D eigenvalue weighted by molar-refractivity contribution is 7.18. The number of rotatable bonds is 3. The van der Waals surface area contributed by atoms with Gasteiger partial charge in [0.1, 0.15) is 15.9 Å². The summed E-state index contributed by atoms with van der Waals surface area (Å²) < 4.78 is 4.66. The van der Waals surface area contributed by atoms with Crippen molar-refractivity contribution in [2.24, 2.45) is 0 Å². The van der Waals surface area contributed by atoms with Gasteiger partial charge in [-0.05, 0) is 24.6 Å². The molecule has 1 aromatic carbocycles. The first-order chi connectivity index (χ1) is 10.6. The number of thiophene rings is 1. The van der Waals surface area contributed by atoms with Crippen LogP contribution < -0.4 is 10.6 Å². The van der Waals surface area contributed by atoms with Crippen molar-refractivity contribution in [3.63, 3.8) is 0 Å². The van der Waals surface area contributed by atoms with Gasteiger partial charge in [-0.15, -0.1) is 11.3 Å². The van der Waals surface area contributed by atoms with Gasteiger partial charge in [-0.1, -0.05) is 18.2 Å². The molecule has 0 aliphatic carbocycles. The summed E-state index contributed by atoms with van der Waals surface area (Å²) in [4.78, 5) is 23.9. The monoisotopic (exact) mass is 315 g/mol. The van der Waals surface area contributed by atoms with E-state index in [-0.39, 0.29) is 5.56 Å². The number of nitrogens with zero attached hydrogens (tertiary/aromatic N) is 1. The van der Waals surface area contributed by atoms with Crippen molar-refractivity contribution in [3.8, 4) is 6.07 Å². The first-order valence-electron chi connectivity index (χ1n) is 6.31. The molecule has 6 nitrogen and oxygen atoms in total. The van der Waals surface area contributed by atoms with Gasteiger partial charge < -0.3 is 10.1 Å². The van der Waals surface area contributed by atoms with E-state index in [0.717, 1.165) is 11.3 Å². The predicted molar refractivity (Wildman–Crippen MR) is 84.2 cm³/mol. The standard InChI is InChI=1S/C15H13N3O3S/c1-9-11(8-16)13(22-12(9)14(19)21-2)18-15(20)17-10-6-4-3-5-7-10/h3-7H,1-2H3,(H2,17,18,20). The van der Waals surface area contributed by atoms with Crippen LogP contribution in [0, 0.1) is 18.3 Å². The molecular weight excluding hydrogens is 302 g/mol. The lowest BCUT2D eigenvalue weighted by molar-refractivity contribution is 0.0605. The molecule has 22 heavy (non-hydrogen) atoms. The van der Waals surface area contributed by atoms with Gasteiger partial charge in [0.2, 0.25) is 0 Å². The number of anilines is 2. The molecule has 2 aromatic rings. The lowest BCUT2D eigenvalue weighted by Gasteiger charge is -2.06. The smallest absolute Gasteiger partial charge is 0.348 e. The van der Waals surface area contributed by atoms with Gasteiger partial charge in [-0.25, -0.2) is 9.59 Å². The van der Waals surface area contributed by atoms with Gasteiger partial charge in [-0.2, -0.15) is 5.26 Å². The van der Waals surface area contributed by atoms with E-state index in [2.05, 4.69) is 15.4 Å². The van der Waals surface area contributed by atoms with Crippen molar-refractivity contribution >= 4 is 34.0 Å². The molecule has 0 aliphatic heterocycles. The fraction of sp³-hybridized carbons (Fsp3) is 0.133. The molecular formula is C15H13N3O3S. The molecule has 0 saturated carbocycles. The van der Waals surface area contributed by atoms with Crippen LogP contribution in [0.5, 0.6) is 0 Å². The zero-order valence-electron chi connectivity index (χ0n) is 12.0.